The third-order valence-electron chi connectivity index (χ3n) is 32.7. The van der Waals surface area contributed by atoms with Gasteiger partial charge in [0, 0.05) is 5.92 Å². The zero-order valence-corrected chi connectivity index (χ0v) is 77.1. The second kappa shape index (κ2) is 33.4. The van der Waals surface area contributed by atoms with Gasteiger partial charge in [-0.1, -0.05) is 83.1 Å². The number of esters is 12. The van der Waals surface area contributed by atoms with Crippen LogP contribution in [0.1, 0.15) is 314 Å². The summed E-state index contributed by atoms with van der Waals surface area (Å²) in [6.07, 6.45) is -10.4. The molecule has 19 fully saturated rings. The predicted molar refractivity (Wildman–Crippen MR) is 426 cm³/mol. The van der Waals surface area contributed by atoms with E-state index in [1.54, 1.807) is 62.3 Å². The van der Waals surface area contributed by atoms with Crippen molar-refractivity contribution in [3.63, 3.8) is 0 Å². The first kappa shape index (κ1) is 100. The molecule has 10 aliphatic carbocycles. The maximum absolute atomic E-state index is 13.5. The van der Waals surface area contributed by atoms with E-state index in [-0.39, 0.29) is 51.5 Å². The molecular formula is C92H133F9O24. The lowest BCUT2D eigenvalue weighted by molar-refractivity contribution is -0.283. The molecule has 19 rings (SSSR count). The number of hydrogen-bond acceptors (Lipinski definition) is 24. The van der Waals surface area contributed by atoms with Crippen molar-refractivity contribution in [1.29, 1.82) is 0 Å². The lowest BCUT2D eigenvalue weighted by Crippen LogP contribution is -2.67. The first-order chi connectivity index (χ1) is 57.1. The molecular weight excluding hydrogens is 1660 g/mol. The molecule has 0 radical (unpaired) electrons. The fourth-order valence-electron chi connectivity index (χ4n) is 21.9. The average Bonchev–Trinajstić information content (AvgIpc) is 1.57. The molecule has 0 N–H and O–H groups in total. The monoisotopic (exact) mass is 1790 g/mol. The lowest BCUT2D eigenvalue weighted by Gasteiger charge is -2.64. The van der Waals surface area contributed by atoms with Crippen LogP contribution in [0.3, 0.4) is 0 Å². The van der Waals surface area contributed by atoms with Crippen molar-refractivity contribution < 1.29 is 154 Å². The highest BCUT2D eigenvalue weighted by molar-refractivity contribution is 5.91. The molecule has 10 saturated carbocycles. The summed E-state index contributed by atoms with van der Waals surface area (Å²) >= 11 is 0. The minimum atomic E-state index is -4.92. The molecule has 0 aromatic carbocycles. The van der Waals surface area contributed by atoms with Crippen molar-refractivity contribution in [2.24, 2.45) is 100.0 Å². The summed E-state index contributed by atoms with van der Waals surface area (Å²) in [4.78, 5) is 145. The summed E-state index contributed by atoms with van der Waals surface area (Å²) in [5.41, 5.74) is -11.0. The largest absolute Gasteiger partial charge is 0.462 e. The molecule has 0 amide bonds. The second-order valence-electron chi connectivity index (χ2n) is 44.0. The SMILES string of the molecule is CCC(C)(C)C(=O)OC12CC3CC(C)(CC(C)(C3)C1)C2.CCC(C)(C)C(=O)OC1C2CC3(C(F)(F)F)C(=O)OC1C3OC2=O.CCC(C)(C)C(=O)OC1C2CC3(C(F)(F)F)C(=O)OC1C3OC2=O.CCC(C)(C)C(=O)OC1C2CC3(C(F)(F)F)C(=O)OC1C3OC2=O.CCC(C)(C)C(=O)OC1CC2(C)CCC1C2(C)C.CCC1(OC(=O)C(C)(C)CC)CCCC1. The Balaban J connectivity index is 0.000000158. The molecule has 9 aliphatic heterocycles. The molecule has 19 aliphatic rings. The Kier molecular flexibility index (Phi) is 26.8. The van der Waals surface area contributed by atoms with Crippen LogP contribution >= 0.6 is 0 Å². The number of carbonyl (C=O) groups is 12. The Morgan fingerprint density at radius 1 is 0.368 bits per heavy atom. The number of alkyl halides is 9. The van der Waals surface area contributed by atoms with Gasteiger partial charge in [-0.05, 0) is 258 Å². The Bertz CT molecular complexity index is 3910. The van der Waals surface area contributed by atoms with Gasteiger partial charge in [0.1, 0.15) is 17.3 Å². The molecule has 20 atom stereocenters. The number of halogens is 9. The number of ether oxygens (including phenoxy) is 12. The van der Waals surface area contributed by atoms with E-state index in [9.17, 15) is 97.0 Å². The third kappa shape index (κ3) is 17.4. The highest BCUT2D eigenvalue weighted by Crippen LogP contribution is 2.70. The lowest BCUT2D eigenvalue weighted by atomic mass is 9.43. The molecule has 24 nitrogen and oxygen atoms in total. The van der Waals surface area contributed by atoms with Crippen LogP contribution in [0.2, 0.25) is 0 Å². The summed E-state index contributed by atoms with van der Waals surface area (Å²) in [5, 5.41) is 0. The van der Waals surface area contributed by atoms with E-state index in [4.69, 9.17) is 56.8 Å². The van der Waals surface area contributed by atoms with Gasteiger partial charge >= 0.3 is 90.2 Å². The van der Waals surface area contributed by atoms with Gasteiger partial charge in [-0.15, -0.1) is 0 Å². The topological polar surface area (TPSA) is 316 Å². The average molecular weight is 1790 g/mol. The number of rotatable bonds is 19. The summed E-state index contributed by atoms with van der Waals surface area (Å²) in [6, 6.07) is 0. The van der Waals surface area contributed by atoms with Gasteiger partial charge < -0.3 is 56.8 Å². The first-order valence-electron chi connectivity index (χ1n) is 44.8. The summed E-state index contributed by atoms with van der Waals surface area (Å²) in [7, 11) is 0. The summed E-state index contributed by atoms with van der Waals surface area (Å²) in [5.74, 6) is -11.9. The van der Waals surface area contributed by atoms with E-state index < -0.39 is 197 Å². The van der Waals surface area contributed by atoms with E-state index in [2.05, 4.69) is 48.5 Å². The molecule has 125 heavy (non-hydrogen) atoms. The van der Waals surface area contributed by atoms with Gasteiger partial charge in [0.2, 0.25) is 16.2 Å². The zero-order chi connectivity index (χ0) is 94.3. The van der Waals surface area contributed by atoms with E-state index in [1.165, 1.54) is 44.9 Å². The Morgan fingerprint density at radius 3 is 0.928 bits per heavy atom. The van der Waals surface area contributed by atoms with E-state index >= 15 is 0 Å². The van der Waals surface area contributed by atoms with Crippen molar-refractivity contribution in [3.8, 4) is 0 Å². The molecule has 0 spiro atoms. The van der Waals surface area contributed by atoms with Crippen LogP contribution in [0.25, 0.3) is 0 Å². The van der Waals surface area contributed by atoms with Crippen LogP contribution in [0.5, 0.6) is 0 Å². The van der Waals surface area contributed by atoms with Crippen LogP contribution in [0.15, 0.2) is 0 Å². The fraction of sp³-hybridized carbons (Fsp3) is 0.870. The third-order valence-corrected chi connectivity index (χ3v) is 32.7. The zero-order valence-electron chi connectivity index (χ0n) is 77.1. The van der Waals surface area contributed by atoms with Crippen molar-refractivity contribution in [3.05, 3.63) is 0 Å². The van der Waals surface area contributed by atoms with Crippen molar-refractivity contribution in [2.75, 3.05) is 0 Å². The van der Waals surface area contributed by atoms with Crippen LogP contribution < -0.4 is 0 Å². The van der Waals surface area contributed by atoms with Crippen LogP contribution in [0, 0.1) is 100.0 Å². The van der Waals surface area contributed by atoms with E-state index in [1.807, 2.05) is 55.4 Å². The highest BCUT2D eigenvalue weighted by atomic mass is 19.4. The Labute approximate surface area is 727 Å². The first-order valence-corrected chi connectivity index (χ1v) is 44.8. The van der Waals surface area contributed by atoms with Crippen LogP contribution in [-0.4, -0.2) is 162 Å². The maximum atomic E-state index is 13.5. The smallest absolute Gasteiger partial charge is 0.408 e. The van der Waals surface area contributed by atoms with Gasteiger partial charge in [0.25, 0.3) is 0 Å². The number of carbonyl (C=O) groups excluding carboxylic acids is 12. The Hall–Kier alpha value is -6.99. The minimum Gasteiger partial charge on any atom is -0.462 e. The second-order valence-corrected chi connectivity index (χ2v) is 44.0. The van der Waals surface area contributed by atoms with Gasteiger partial charge in [0.15, 0.2) is 54.9 Å². The van der Waals surface area contributed by atoms with Gasteiger partial charge in [-0.3, -0.25) is 57.5 Å². The van der Waals surface area contributed by atoms with Crippen LogP contribution in [0.4, 0.5) is 39.5 Å². The van der Waals surface area contributed by atoms with Crippen molar-refractivity contribution in [2.45, 2.75) is 405 Å². The molecule has 33 heteroatoms. The molecule has 0 aromatic rings. The Morgan fingerprint density at radius 2 is 0.664 bits per heavy atom. The number of fused-ring (bicyclic) bond motifs is 5. The highest BCUT2D eigenvalue weighted by Gasteiger charge is 2.85. The van der Waals surface area contributed by atoms with Crippen molar-refractivity contribution in [1.82, 2.24) is 0 Å². The van der Waals surface area contributed by atoms with E-state index in [0.717, 1.165) is 70.1 Å². The molecule has 708 valence electrons. The quantitative estimate of drug-likeness (QED) is 0.0659. The van der Waals surface area contributed by atoms with Crippen molar-refractivity contribution >= 4 is 71.6 Å². The van der Waals surface area contributed by atoms with Gasteiger partial charge in [-0.2, -0.15) is 39.5 Å². The molecule has 0 aromatic heterocycles. The summed E-state index contributed by atoms with van der Waals surface area (Å²) in [6.45, 7) is 47.1. The fourth-order valence-corrected chi connectivity index (χ4v) is 21.9. The standard InChI is InChI=1S/C18H30O2.C16H28O2.3C15H17F3O6.C13H24O2/c1-6-15(2,3)14(19)20-18-9-13-7-16(4,11-18)10-17(5,8-13)12-18;1-7-14(2,3)13(17)18-12-10-16(6)9-8-11(12)15(16,4)5;3*1-4-13(2,3)11(20)22-7-6-5-14(15(16,17)18)9(24-10(6)19)8(7)23-12(14)21;1-5-12(3,4)11(14)15-13(6-2)9-7-8-10-13/h13H,6-12H2,1-5H3;11-12H,7-10H2,1-6H3;3*6-9H,4-5H2,1-3H3;5-10H2,1-4H3. The van der Waals surface area contributed by atoms with Gasteiger partial charge in [0.05, 0.1) is 50.2 Å². The normalized spacial score (nSPS) is 37.2. The minimum absolute atomic E-state index is 0.0121. The van der Waals surface area contributed by atoms with Crippen LogP contribution in [-0.2, 0) is 114 Å². The van der Waals surface area contributed by atoms with Gasteiger partial charge in [-0.25, -0.2) is 0 Å². The number of hydrogen-bond donors (Lipinski definition) is 0. The molecule has 18 bridgehead atoms. The van der Waals surface area contributed by atoms with E-state index in [0.29, 0.717) is 46.8 Å². The summed E-state index contributed by atoms with van der Waals surface area (Å²) < 4.78 is 184. The molecule has 9 heterocycles. The maximum Gasteiger partial charge on any atom is 0.408 e. The molecule has 9 saturated heterocycles. The molecule has 20 unspecified atom stereocenters. The predicted octanol–water partition coefficient (Wildman–Crippen LogP) is 17.8.